The van der Waals surface area contributed by atoms with Crippen LogP contribution in [0.25, 0.3) is 0 Å². The Balaban J connectivity index is 2.17. The standard InChI is InChI=1S/C14H24N2O5/c1-13(2)7-15(8-14(3,4)21-13)12(20)16-6-9(17)5-10(16)11(18)19/h9-10,17H,5-8H2,1-4H3,(H,18,19)/t9-,10-/m1/s1. The van der Waals surface area contributed by atoms with Gasteiger partial charge in [0.25, 0.3) is 0 Å². The van der Waals surface area contributed by atoms with Crippen molar-refractivity contribution in [3.05, 3.63) is 0 Å². The van der Waals surface area contributed by atoms with E-state index >= 15 is 0 Å². The highest BCUT2D eigenvalue weighted by molar-refractivity contribution is 5.83. The molecule has 7 nitrogen and oxygen atoms in total. The number of aliphatic hydroxyl groups is 1. The molecule has 0 unspecified atom stereocenters. The van der Waals surface area contributed by atoms with E-state index in [1.165, 1.54) is 4.90 Å². The van der Waals surface area contributed by atoms with Gasteiger partial charge in [-0.2, -0.15) is 0 Å². The maximum Gasteiger partial charge on any atom is 0.326 e. The first kappa shape index (κ1) is 16.0. The number of carboxylic acid groups (broad SMARTS) is 1. The molecule has 2 N–H and O–H groups in total. The number of nitrogens with zero attached hydrogens (tertiary/aromatic N) is 2. The summed E-state index contributed by atoms with van der Waals surface area (Å²) in [6.07, 6.45) is -0.699. The van der Waals surface area contributed by atoms with E-state index in [0.717, 1.165) is 0 Å². The van der Waals surface area contributed by atoms with Gasteiger partial charge in [-0.05, 0) is 27.7 Å². The molecule has 120 valence electrons. The number of rotatable bonds is 1. The Labute approximate surface area is 124 Å². The molecule has 0 aromatic heterocycles. The van der Waals surface area contributed by atoms with Crippen molar-refractivity contribution in [2.45, 2.75) is 57.5 Å². The summed E-state index contributed by atoms with van der Waals surface area (Å²) in [6, 6.07) is -1.30. The maximum atomic E-state index is 12.7. The van der Waals surface area contributed by atoms with E-state index in [1.807, 2.05) is 27.7 Å². The first-order chi connectivity index (χ1) is 9.51. The summed E-state index contributed by atoms with van der Waals surface area (Å²) in [6.45, 7) is 8.48. The average molecular weight is 300 g/mol. The molecule has 0 spiro atoms. The second-order valence-electron chi connectivity index (χ2n) is 7.16. The molecule has 0 radical (unpaired) electrons. The molecule has 2 heterocycles. The third-order valence-electron chi connectivity index (χ3n) is 3.78. The van der Waals surface area contributed by atoms with Crippen LogP contribution >= 0.6 is 0 Å². The Morgan fingerprint density at radius 3 is 2.14 bits per heavy atom. The van der Waals surface area contributed by atoms with Gasteiger partial charge < -0.3 is 24.7 Å². The number of amides is 2. The molecule has 21 heavy (non-hydrogen) atoms. The van der Waals surface area contributed by atoms with Crippen LogP contribution < -0.4 is 0 Å². The van der Waals surface area contributed by atoms with Crippen molar-refractivity contribution in [3.63, 3.8) is 0 Å². The Kier molecular flexibility index (Phi) is 3.92. The zero-order valence-electron chi connectivity index (χ0n) is 13.0. The number of carboxylic acids is 1. The molecule has 0 aliphatic carbocycles. The third-order valence-corrected chi connectivity index (χ3v) is 3.78. The molecule has 2 rings (SSSR count). The van der Waals surface area contributed by atoms with E-state index in [1.54, 1.807) is 4.90 Å². The molecular weight excluding hydrogens is 276 g/mol. The van der Waals surface area contributed by atoms with Gasteiger partial charge in [-0.1, -0.05) is 0 Å². The first-order valence-corrected chi connectivity index (χ1v) is 7.17. The monoisotopic (exact) mass is 300 g/mol. The zero-order chi connectivity index (χ0) is 16.0. The van der Waals surface area contributed by atoms with Crippen LogP contribution in [0.3, 0.4) is 0 Å². The number of carbonyl (C=O) groups excluding carboxylic acids is 1. The third kappa shape index (κ3) is 3.47. The van der Waals surface area contributed by atoms with E-state index in [9.17, 15) is 19.8 Å². The van der Waals surface area contributed by atoms with Crippen LogP contribution in [0.4, 0.5) is 4.79 Å². The Hall–Kier alpha value is -1.34. The van der Waals surface area contributed by atoms with Crippen molar-refractivity contribution in [1.82, 2.24) is 9.80 Å². The molecule has 2 aliphatic heterocycles. The van der Waals surface area contributed by atoms with E-state index in [4.69, 9.17) is 4.74 Å². The van der Waals surface area contributed by atoms with Crippen LogP contribution in [0, 0.1) is 0 Å². The normalized spacial score (nSPS) is 31.3. The molecule has 2 atom stereocenters. The minimum Gasteiger partial charge on any atom is -0.480 e. The molecule has 2 amide bonds. The highest BCUT2D eigenvalue weighted by Gasteiger charge is 2.45. The van der Waals surface area contributed by atoms with Crippen molar-refractivity contribution in [3.8, 4) is 0 Å². The molecule has 0 aromatic carbocycles. The minimum absolute atomic E-state index is 0.0635. The van der Waals surface area contributed by atoms with Crippen molar-refractivity contribution in [2.75, 3.05) is 19.6 Å². The van der Waals surface area contributed by atoms with E-state index < -0.39 is 29.3 Å². The summed E-state index contributed by atoms with van der Waals surface area (Å²) in [5.41, 5.74) is -0.983. The van der Waals surface area contributed by atoms with E-state index in [0.29, 0.717) is 13.1 Å². The average Bonchev–Trinajstić information content (AvgIpc) is 2.66. The first-order valence-electron chi connectivity index (χ1n) is 7.17. The van der Waals surface area contributed by atoms with Gasteiger partial charge in [0.1, 0.15) is 6.04 Å². The van der Waals surface area contributed by atoms with Crippen molar-refractivity contribution in [2.24, 2.45) is 0 Å². The molecule has 7 heteroatoms. The number of morpholine rings is 1. The van der Waals surface area contributed by atoms with Crippen LogP contribution in [0.15, 0.2) is 0 Å². The fourth-order valence-corrected chi connectivity index (χ4v) is 3.36. The lowest BCUT2D eigenvalue weighted by Crippen LogP contribution is -2.61. The lowest BCUT2D eigenvalue weighted by Gasteiger charge is -2.48. The number of urea groups is 1. The number of ether oxygens (including phenoxy) is 1. The van der Waals surface area contributed by atoms with Crippen molar-refractivity contribution < 1.29 is 24.5 Å². The molecular formula is C14H24N2O5. The van der Waals surface area contributed by atoms with Crippen LogP contribution in [-0.2, 0) is 9.53 Å². The Morgan fingerprint density at radius 1 is 1.14 bits per heavy atom. The van der Waals surface area contributed by atoms with Crippen LogP contribution in [0.5, 0.6) is 0 Å². The van der Waals surface area contributed by atoms with E-state index in [-0.39, 0.29) is 19.0 Å². The molecule has 0 bridgehead atoms. The lowest BCUT2D eigenvalue weighted by molar-refractivity contribution is -0.172. The van der Waals surface area contributed by atoms with Gasteiger partial charge in [0.05, 0.1) is 30.4 Å². The number of aliphatic carboxylic acids is 1. The molecule has 2 saturated heterocycles. The molecule has 0 saturated carbocycles. The summed E-state index contributed by atoms with van der Waals surface area (Å²) in [4.78, 5) is 26.8. The maximum absolute atomic E-state index is 12.7. The zero-order valence-corrected chi connectivity index (χ0v) is 13.0. The van der Waals surface area contributed by atoms with Crippen molar-refractivity contribution in [1.29, 1.82) is 0 Å². The number of β-amino-alcohol motifs (C(OH)–C–C–N with tert-alkyl or cyclic N) is 1. The van der Waals surface area contributed by atoms with Gasteiger partial charge in [0, 0.05) is 13.0 Å². The summed E-state index contributed by atoms with van der Waals surface area (Å²) < 4.78 is 5.92. The topological polar surface area (TPSA) is 90.3 Å². The smallest absolute Gasteiger partial charge is 0.326 e. The number of aliphatic hydroxyl groups excluding tert-OH is 1. The van der Waals surface area contributed by atoms with Gasteiger partial charge in [-0.15, -0.1) is 0 Å². The number of likely N-dealkylation sites (tertiary alicyclic amines) is 1. The highest BCUT2D eigenvalue weighted by atomic mass is 16.5. The number of carbonyl (C=O) groups is 2. The Bertz CT molecular complexity index is 433. The largest absolute Gasteiger partial charge is 0.480 e. The van der Waals surface area contributed by atoms with Gasteiger partial charge in [-0.25, -0.2) is 9.59 Å². The second-order valence-corrected chi connectivity index (χ2v) is 7.16. The highest BCUT2D eigenvalue weighted by Crippen LogP contribution is 2.30. The fraction of sp³-hybridized carbons (Fsp3) is 0.857. The van der Waals surface area contributed by atoms with Gasteiger partial charge in [-0.3, -0.25) is 0 Å². The van der Waals surface area contributed by atoms with Gasteiger partial charge in [0.15, 0.2) is 0 Å². The Morgan fingerprint density at radius 2 is 1.67 bits per heavy atom. The van der Waals surface area contributed by atoms with Crippen molar-refractivity contribution >= 4 is 12.0 Å². The second kappa shape index (κ2) is 5.14. The van der Waals surface area contributed by atoms with Crippen LogP contribution in [0.2, 0.25) is 0 Å². The minimum atomic E-state index is -1.08. The molecule has 2 fully saturated rings. The molecule has 2 aliphatic rings. The summed E-state index contributed by atoms with van der Waals surface area (Å²) in [7, 11) is 0. The summed E-state index contributed by atoms with van der Waals surface area (Å²) in [5, 5.41) is 18.9. The quantitative estimate of drug-likeness (QED) is 0.736. The predicted molar refractivity (Wildman–Crippen MR) is 75.0 cm³/mol. The van der Waals surface area contributed by atoms with E-state index in [2.05, 4.69) is 0 Å². The number of hydrogen-bond acceptors (Lipinski definition) is 4. The molecule has 0 aromatic rings. The van der Waals surface area contributed by atoms with Crippen LogP contribution in [0.1, 0.15) is 34.1 Å². The van der Waals surface area contributed by atoms with Gasteiger partial charge in [0.2, 0.25) is 0 Å². The van der Waals surface area contributed by atoms with Gasteiger partial charge >= 0.3 is 12.0 Å². The van der Waals surface area contributed by atoms with Crippen LogP contribution in [-0.4, -0.2) is 75.0 Å². The SMILES string of the molecule is CC1(C)CN(C(=O)N2C[C@H](O)C[C@@H]2C(=O)O)CC(C)(C)O1. The lowest BCUT2D eigenvalue weighted by atomic mass is 9.99. The summed E-state index contributed by atoms with van der Waals surface area (Å²) in [5.74, 6) is -1.08. The summed E-state index contributed by atoms with van der Waals surface area (Å²) >= 11 is 0. The fourth-order valence-electron chi connectivity index (χ4n) is 3.36. The number of hydrogen-bond donors (Lipinski definition) is 2. The predicted octanol–water partition coefficient (Wildman–Crippen LogP) is 0.516.